The molecular formula is C11H4F4N2O3. The third-order valence-corrected chi connectivity index (χ3v) is 2.33. The van der Waals surface area contributed by atoms with Gasteiger partial charge in [0.1, 0.15) is 5.69 Å². The van der Waals surface area contributed by atoms with Crippen LogP contribution in [0, 0.1) is 23.3 Å². The van der Waals surface area contributed by atoms with Crippen LogP contribution in [0.2, 0.25) is 0 Å². The molecule has 0 radical (unpaired) electrons. The molecule has 0 bridgehead atoms. The Labute approximate surface area is 107 Å². The van der Waals surface area contributed by atoms with Gasteiger partial charge in [0.25, 0.3) is 0 Å². The Morgan fingerprint density at radius 3 is 2.20 bits per heavy atom. The molecule has 2 rings (SSSR count). The Morgan fingerprint density at radius 1 is 1.15 bits per heavy atom. The summed E-state index contributed by atoms with van der Waals surface area (Å²) in [6.07, 6.45) is 0.690. The van der Waals surface area contributed by atoms with Crippen LogP contribution in [-0.2, 0) is 0 Å². The summed E-state index contributed by atoms with van der Waals surface area (Å²) in [7, 11) is 0. The summed E-state index contributed by atoms with van der Waals surface area (Å²) in [5.41, 5.74) is -3.33. The second-order valence-corrected chi connectivity index (χ2v) is 3.60. The van der Waals surface area contributed by atoms with E-state index in [0.717, 1.165) is 0 Å². The predicted molar refractivity (Wildman–Crippen MR) is 56.6 cm³/mol. The van der Waals surface area contributed by atoms with Gasteiger partial charge in [-0.05, 0) is 0 Å². The Hall–Kier alpha value is -2.71. The van der Waals surface area contributed by atoms with Gasteiger partial charge in [0.2, 0.25) is 11.1 Å². The third kappa shape index (κ3) is 2.13. The minimum atomic E-state index is -1.77. The number of aromatic nitrogens is 2. The van der Waals surface area contributed by atoms with Crippen LogP contribution in [0.5, 0.6) is 0 Å². The van der Waals surface area contributed by atoms with Gasteiger partial charge < -0.3 is 5.11 Å². The largest absolute Gasteiger partial charge is 0.476 e. The molecule has 0 fully saturated rings. The first-order chi connectivity index (χ1) is 9.32. The number of carboxylic acids is 1. The molecule has 0 aliphatic rings. The van der Waals surface area contributed by atoms with Crippen molar-refractivity contribution in [2.45, 2.75) is 0 Å². The van der Waals surface area contributed by atoms with E-state index in [0.29, 0.717) is 12.3 Å². The molecule has 1 heterocycles. The minimum absolute atomic E-state index is 0.00516. The quantitative estimate of drug-likeness (QED) is 0.671. The van der Waals surface area contributed by atoms with Crippen molar-refractivity contribution in [3.63, 3.8) is 0 Å². The normalized spacial score (nSPS) is 10.6. The van der Waals surface area contributed by atoms with Crippen molar-refractivity contribution in [3.8, 4) is 5.69 Å². The molecule has 0 saturated heterocycles. The number of benzene rings is 1. The zero-order chi connectivity index (χ0) is 15.0. The minimum Gasteiger partial charge on any atom is -0.476 e. The fourth-order valence-corrected chi connectivity index (χ4v) is 1.44. The van der Waals surface area contributed by atoms with Gasteiger partial charge in [-0.2, -0.15) is 5.10 Å². The van der Waals surface area contributed by atoms with Gasteiger partial charge in [0, 0.05) is 18.3 Å². The highest BCUT2D eigenvalue weighted by atomic mass is 19.2. The molecule has 2 aromatic rings. The average molecular weight is 288 g/mol. The lowest BCUT2D eigenvalue weighted by atomic mass is 10.2. The van der Waals surface area contributed by atoms with Crippen LogP contribution in [0.4, 0.5) is 17.6 Å². The van der Waals surface area contributed by atoms with Gasteiger partial charge in [-0.3, -0.25) is 4.79 Å². The zero-order valence-electron chi connectivity index (χ0n) is 9.40. The molecule has 0 saturated carbocycles. The highest BCUT2D eigenvalue weighted by molar-refractivity contribution is 5.84. The summed E-state index contributed by atoms with van der Waals surface area (Å²) >= 11 is 0. The molecule has 0 spiro atoms. The fourth-order valence-electron chi connectivity index (χ4n) is 1.44. The molecule has 0 unspecified atom stereocenters. The maximum absolute atomic E-state index is 13.5. The number of aromatic carboxylic acids is 1. The van der Waals surface area contributed by atoms with E-state index in [9.17, 15) is 27.2 Å². The Bertz CT molecular complexity index is 747. The molecule has 20 heavy (non-hydrogen) atoms. The van der Waals surface area contributed by atoms with Crippen molar-refractivity contribution in [2.24, 2.45) is 0 Å². The number of carboxylic acid groups (broad SMARTS) is 1. The molecular weight excluding hydrogens is 284 g/mol. The van der Waals surface area contributed by atoms with E-state index in [1.54, 1.807) is 0 Å². The number of carbonyl (C=O) groups is 1. The SMILES string of the molecule is O=C(O)c1nn(-c2c(F)c(F)cc(F)c2F)ccc1=O. The van der Waals surface area contributed by atoms with Crippen molar-refractivity contribution in [3.05, 3.63) is 57.5 Å². The highest BCUT2D eigenvalue weighted by Crippen LogP contribution is 2.22. The van der Waals surface area contributed by atoms with Crippen LogP contribution < -0.4 is 5.43 Å². The van der Waals surface area contributed by atoms with Gasteiger partial charge in [0.15, 0.2) is 23.3 Å². The smallest absolute Gasteiger partial charge is 0.360 e. The van der Waals surface area contributed by atoms with Crippen molar-refractivity contribution in [1.29, 1.82) is 0 Å². The van der Waals surface area contributed by atoms with Crippen molar-refractivity contribution < 1.29 is 27.5 Å². The van der Waals surface area contributed by atoms with E-state index in [2.05, 4.69) is 5.10 Å². The molecule has 0 aliphatic carbocycles. The number of halogens is 4. The first-order valence-corrected chi connectivity index (χ1v) is 4.99. The summed E-state index contributed by atoms with van der Waals surface area (Å²) < 4.78 is 53.3. The lowest BCUT2D eigenvalue weighted by molar-refractivity contribution is 0.0686. The Balaban J connectivity index is 2.79. The maximum Gasteiger partial charge on any atom is 0.360 e. The van der Waals surface area contributed by atoms with Crippen LogP contribution in [-0.4, -0.2) is 20.9 Å². The average Bonchev–Trinajstić information content (AvgIpc) is 2.38. The summed E-state index contributed by atoms with van der Waals surface area (Å²) in [6.45, 7) is 0. The number of nitrogens with zero attached hydrogens (tertiary/aromatic N) is 2. The Kier molecular flexibility index (Phi) is 3.26. The van der Waals surface area contributed by atoms with Gasteiger partial charge in [0.05, 0.1) is 0 Å². The van der Waals surface area contributed by atoms with E-state index in [4.69, 9.17) is 5.11 Å². The fraction of sp³-hybridized carbons (Fsp3) is 0. The summed E-state index contributed by atoms with van der Waals surface area (Å²) in [4.78, 5) is 21.9. The van der Waals surface area contributed by atoms with Crippen LogP contribution in [0.25, 0.3) is 5.69 Å². The molecule has 104 valence electrons. The summed E-state index contributed by atoms with van der Waals surface area (Å²) in [6, 6.07) is 0.646. The van der Waals surface area contributed by atoms with Gasteiger partial charge >= 0.3 is 5.97 Å². The zero-order valence-corrected chi connectivity index (χ0v) is 9.40. The molecule has 0 atom stereocenters. The molecule has 1 N–H and O–H groups in total. The van der Waals surface area contributed by atoms with Gasteiger partial charge in [-0.1, -0.05) is 0 Å². The van der Waals surface area contributed by atoms with Crippen LogP contribution >= 0.6 is 0 Å². The summed E-state index contributed by atoms with van der Waals surface area (Å²) in [5, 5.41) is 11.8. The first kappa shape index (κ1) is 13.7. The second-order valence-electron chi connectivity index (χ2n) is 3.60. The van der Waals surface area contributed by atoms with Gasteiger partial charge in [-0.15, -0.1) is 0 Å². The third-order valence-electron chi connectivity index (χ3n) is 2.33. The maximum atomic E-state index is 13.5. The molecule has 0 amide bonds. The van der Waals surface area contributed by atoms with Crippen molar-refractivity contribution >= 4 is 5.97 Å². The summed E-state index contributed by atoms with van der Waals surface area (Å²) in [5.74, 6) is -8.65. The van der Waals surface area contributed by atoms with Gasteiger partial charge in [-0.25, -0.2) is 27.0 Å². The number of hydrogen-bond acceptors (Lipinski definition) is 3. The van der Waals surface area contributed by atoms with E-state index >= 15 is 0 Å². The Morgan fingerprint density at radius 2 is 1.70 bits per heavy atom. The van der Waals surface area contributed by atoms with E-state index < -0.39 is 46.0 Å². The lowest BCUT2D eigenvalue weighted by Gasteiger charge is -2.09. The predicted octanol–water partition coefficient (Wildman–Crippen LogP) is 1.49. The van der Waals surface area contributed by atoms with Crippen molar-refractivity contribution in [1.82, 2.24) is 9.78 Å². The van der Waals surface area contributed by atoms with E-state index in [1.807, 2.05) is 0 Å². The van der Waals surface area contributed by atoms with Crippen LogP contribution in [0.3, 0.4) is 0 Å². The first-order valence-electron chi connectivity index (χ1n) is 4.99. The van der Waals surface area contributed by atoms with Crippen molar-refractivity contribution in [2.75, 3.05) is 0 Å². The topological polar surface area (TPSA) is 72.2 Å². The molecule has 5 nitrogen and oxygen atoms in total. The molecule has 9 heteroatoms. The highest BCUT2D eigenvalue weighted by Gasteiger charge is 2.22. The van der Waals surface area contributed by atoms with E-state index in [-0.39, 0.29) is 10.7 Å². The number of rotatable bonds is 2. The van der Waals surface area contributed by atoms with Crippen LogP contribution in [0.1, 0.15) is 10.5 Å². The monoisotopic (exact) mass is 288 g/mol. The molecule has 1 aromatic carbocycles. The van der Waals surface area contributed by atoms with Crippen LogP contribution in [0.15, 0.2) is 23.1 Å². The number of hydrogen-bond donors (Lipinski definition) is 1. The second kappa shape index (κ2) is 4.76. The van der Waals surface area contributed by atoms with E-state index in [1.165, 1.54) is 0 Å². The molecule has 1 aromatic heterocycles. The molecule has 0 aliphatic heterocycles. The standard InChI is InChI=1S/C11H4F4N2O3/c12-4-3-5(13)8(15)10(7(4)14)17-2-1-6(18)9(16-17)11(19)20/h1-3H,(H,19,20). The lowest BCUT2D eigenvalue weighted by Crippen LogP contribution is -2.21.